The van der Waals surface area contributed by atoms with Crippen molar-refractivity contribution in [2.24, 2.45) is 0 Å². The van der Waals surface area contributed by atoms with Gasteiger partial charge in [0.25, 0.3) is 0 Å². The first-order chi connectivity index (χ1) is 11.1. The minimum Gasteiger partial charge on any atom is -0.790 e. The fourth-order valence-electron chi connectivity index (χ4n) is 0.400. The van der Waals surface area contributed by atoms with E-state index in [2.05, 4.69) is 12.9 Å². The van der Waals surface area contributed by atoms with Crippen molar-refractivity contribution in [3.05, 3.63) is 0 Å². The molecule has 28 heteroatoms. The van der Waals surface area contributed by atoms with E-state index < -0.39 is 46.9 Å². The molecule has 0 fully saturated rings. The molecule has 0 aliphatic carbocycles. The standard InChI is InChI=1S/Al.3H4O7P2/c;3*1-8(2,3)7-9(4,5)6/h;3*(H2,1,2,3)(H2,4,5,6)/q+3;;;/p-3. The van der Waals surface area contributed by atoms with Gasteiger partial charge in [-0.25, -0.2) is 18.3 Å². The van der Waals surface area contributed by atoms with Gasteiger partial charge in [-0.05, 0) is 0 Å². The molecule has 0 aromatic rings. The Hall–Kier alpha value is 1.31. The molecule has 21 nitrogen and oxygen atoms in total. The molecule has 0 heterocycles. The molecule has 0 atom stereocenters. The predicted octanol–water partition coefficient (Wildman–Crippen LogP) is -5.23. The molecule has 0 saturated heterocycles. The Labute approximate surface area is 165 Å². The van der Waals surface area contributed by atoms with Gasteiger partial charge in [0.2, 0.25) is 0 Å². The van der Waals surface area contributed by atoms with Gasteiger partial charge in [0.05, 0.1) is 15.6 Å². The Bertz CT molecular complexity index is 554. The quantitative estimate of drug-likeness (QED) is 0.111. The summed E-state index contributed by atoms with van der Waals surface area (Å²) in [5.74, 6) is 0. The topological polar surface area (TPSA) is 384 Å². The van der Waals surface area contributed by atoms with Crippen molar-refractivity contribution < 1.29 is 100 Å². The van der Waals surface area contributed by atoms with Crippen LogP contribution in [-0.4, -0.2) is 56.5 Å². The van der Waals surface area contributed by atoms with Crippen molar-refractivity contribution >= 4 is 64.3 Å². The summed E-state index contributed by atoms with van der Waals surface area (Å²) in [6, 6.07) is 0. The minimum absolute atomic E-state index is 0. The van der Waals surface area contributed by atoms with E-state index >= 15 is 0 Å². The van der Waals surface area contributed by atoms with Crippen LogP contribution in [0.5, 0.6) is 0 Å². The summed E-state index contributed by atoms with van der Waals surface area (Å²) >= 11 is 0. The molecule has 0 aliphatic heterocycles. The second kappa shape index (κ2) is 13.0. The molecule has 0 rings (SSSR count). The summed E-state index contributed by atoms with van der Waals surface area (Å²) in [6.07, 6.45) is 0. The summed E-state index contributed by atoms with van der Waals surface area (Å²) in [7, 11) is -31.6. The zero-order chi connectivity index (χ0) is 23.1. The van der Waals surface area contributed by atoms with Crippen LogP contribution in [0.15, 0.2) is 0 Å². The van der Waals surface area contributed by atoms with Crippen LogP contribution in [0.2, 0.25) is 0 Å². The third kappa shape index (κ3) is 50.7. The molecule has 0 aromatic carbocycles. The van der Waals surface area contributed by atoms with Gasteiger partial charge >= 0.3 is 50.1 Å². The summed E-state index contributed by atoms with van der Waals surface area (Å²) in [5, 5.41) is 0. The average Bonchev–Trinajstić information content (AvgIpc) is 1.96. The Balaban J connectivity index is -0.0000000960. The maximum absolute atomic E-state index is 9.63. The number of phosphoric acid groups is 6. The van der Waals surface area contributed by atoms with Crippen LogP contribution in [-0.2, 0) is 40.3 Å². The van der Waals surface area contributed by atoms with Gasteiger partial charge in [-0.15, -0.1) is 0 Å². The smallest absolute Gasteiger partial charge is 0.790 e. The molecular weight excluding hydrogens is 549 g/mol. The molecule has 0 aliphatic rings. The van der Waals surface area contributed by atoms with Crippen molar-refractivity contribution in [1.82, 2.24) is 0 Å². The summed E-state index contributed by atoms with van der Waals surface area (Å²) in [4.78, 5) is 99.3. The first kappa shape index (κ1) is 36.7. The van der Waals surface area contributed by atoms with Crippen molar-refractivity contribution in [1.29, 1.82) is 0 Å². The fraction of sp³-hybridized carbons (Fsp3) is 0. The van der Waals surface area contributed by atoms with Crippen LogP contribution >= 0.6 is 46.9 Å². The average molecular weight is 558 g/mol. The summed E-state index contributed by atoms with van der Waals surface area (Å²) < 4.78 is 65.6. The van der Waals surface area contributed by atoms with Gasteiger partial charge in [-0.2, -0.15) is 8.62 Å². The molecule has 8 N–H and O–H groups in total. The maximum Gasteiger partial charge on any atom is 3.00 e. The van der Waals surface area contributed by atoms with Crippen LogP contribution in [0.1, 0.15) is 1.43 Å². The van der Waals surface area contributed by atoms with E-state index in [1.165, 1.54) is 0 Å². The Morgan fingerprint density at radius 1 is 0.464 bits per heavy atom. The van der Waals surface area contributed by atoms with Gasteiger partial charge in [-0.1, -0.05) is 0 Å². The van der Waals surface area contributed by atoms with Gasteiger partial charge in [-0.3, -0.25) is 0 Å². The Morgan fingerprint density at radius 2 is 0.607 bits per heavy atom. The molecule has 0 bridgehead atoms. The molecule has 168 valence electrons. The van der Waals surface area contributed by atoms with Gasteiger partial charge < -0.3 is 72.2 Å². The first-order valence-electron chi connectivity index (χ1n) is 4.52. The number of rotatable bonds is 6. The van der Waals surface area contributed by atoms with Crippen molar-refractivity contribution in [2.45, 2.75) is 0 Å². The summed E-state index contributed by atoms with van der Waals surface area (Å²) in [5.41, 5.74) is 0. The Morgan fingerprint density at radius 3 is 0.607 bits per heavy atom. The van der Waals surface area contributed by atoms with E-state index in [0.717, 1.165) is 0 Å². The van der Waals surface area contributed by atoms with Crippen molar-refractivity contribution in [3.8, 4) is 0 Å². The molecule has 0 aromatic heterocycles. The fourth-order valence-corrected chi connectivity index (χ4v) is 3.60. The van der Waals surface area contributed by atoms with Crippen LogP contribution < -0.4 is 19.6 Å². The maximum atomic E-state index is 9.63. The zero-order valence-electron chi connectivity index (χ0n) is 13.1. The second-order valence-electron chi connectivity index (χ2n) is 3.10. The second-order valence-corrected chi connectivity index (χ2v) is 10.8. The van der Waals surface area contributed by atoms with Crippen LogP contribution in [0.3, 0.4) is 0 Å². The largest absolute Gasteiger partial charge is 3.00 e. The number of hydrogen-bond donors (Lipinski definition) is 8. The third-order valence-corrected chi connectivity index (χ3v) is 5.63. The SMILES string of the molecule is O=P(O)(O)OP(=O)(O)O.O=P(O)(O)OP(=O)(O)O.O=P([O-])([O-])OP(=O)([O-])[O-].[Al+3].[H+]. The van der Waals surface area contributed by atoms with Crippen LogP contribution in [0.25, 0.3) is 0 Å². The van der Waals surface area contributed by atoms with Crippen LogP contribution in [0, 0.1) is 0 Å². The van der Waals surface area contributed by atoms with E-state index in [-0.39, 0.29) is 18.8 Å². The molecule has 0 spiro atoms. The van der Waals surface area contributed by atoms with Gasteiger partial charge in [0, 0.05) is 0 Å². The zero-order valence-corrected chi connectivity index (χ0v) is 18.7. The minimum atomic E-state index is -5.68. The van der Waals surface area contributed by atoms with Gasteiger partial charge in [0.1, 0.15) is 0 Å². The Kier molecular flexibility index (Phi) is 17.0. The van der Waals surface area contributed by atoms with E-state index in [1.54, 1.807) is 0 Å². The van der Waals surface area contributed by atoms with E-state index in [9.17, 15) is 47.0 Å². The molecular formula is H9AlO21P6. The molecule has 0 saturated carbocycles. The van der Waals surface area contributed by atoms with Crippen molar-refractivity contribution in [3.63, 3.8) is 0 Å². The predicted molar refractivity (Wildman–Crippen MR) is 73.5 cm³/mol. The molecule has 0 radical (unpaired) electrons. The molecule has 0 unspecified atom stereocenters. The first-order valence-corrected chi connectivity index (χ1v) is 13.6. The van der Waals surface area contributed by atoms with E-state index in [0.29, 0.717) is 0 Å². The van der Waals surface area contributed by atoms with E-state index in [4.69, 9.17) is 39.1 Å². The van der Waals surface area contributed by atoms with Crippen LogP contribution in [0.4, 0.5) is 0 Å². The monoisotopic (exact) mass is 558 g/mol. The van der Waals surface area contributed by atoms with Gasteiger partial charge in [0.15, 0.2) is 0 Å². The normalized spacial score (nSPS) is 13.3. The number of hydrogen-bond acceptors (Lipinski definition) is 13. The molecule has 28 heavy (non-hydrogen) atoms. The third-order valence-electron chi connectivity index (χ3n) is 0.625. The summed E-state index contributed by atoms with van der Waals surface area (Å²) in [6.45, 7) is 0. The van der Waals surface area contributed by atoms with E-state index in [1.807, 2.05) is 0 Å². The van der Waals surface area contributed by atoms with Crippen molar-refractivity contribution in [2.75, 3.05) is 0 Å². The molecule has 0 amide bonds.